The largest absolute Gasteiger partial charge is 0.348 e. The maximum Gasteiger partial charge on any atom is 0.264 e. The zero-order valence-electron chi connectivity index (χ0n) is 20.1. The number of fused-ring (bicyclic) bond motifs is 1. The first-order chi connectivity index (χ1) is 16.8. The molecule has 184 valence electrons. The van der Waals surface area contributed by atoms with Gasteiger partial charge in [-0.15, -0.1) is 0 Å². The number of anilines is 1. The lowest BCUT2D eigenvalue weighted by Crippen LogP contribution is -2.42. The van der Waals surface area contributed by atoms with Gasteiger partial charge in [0.25, 0.3) is 10.0 Å². The van der Waals surface area contributed by atoms with Crippen molar-refractivity contribution in [1.82, 2.24) is 5.32 Å². The van der Waals surface area contributed by atoms with E-state index in [4.69, 9.17) is 11.6 Å². The number of nitrogens with zero attached hydrogens (tertiary/aromatic N) is 1. The number of aryl methyl sites for hydroxylation is 3. The standard InChI is InChI=1S/C28H31ClN2O3S/c1-3-27(23-12-11-21-8-4-5-9-22(21)18-23)30-28(32)19-31(25-10-6-7-20(2)17-25)35(33,34)26-15-13-24(29)14-16-26/h6-7,10-18,27H,3-5,8-9,19H2,1-2H3,(H,30,32). The average molecular weight is 511 g/mol. The van der Waals surface area contributed by atoms with E-state index in [0.29, 0.717) is 17.1 Å². The van der Waals surface area contributed by atoms with Crippen LogP contribution in [0.5, 0.6) is 0 Å². The van der Waals surface area contributed by atoms with Gasteiger partial charge in [0.2, 0.25) is 5.91 Å². The SMILES string of the molecule is CCC(NC(=O)CN(c1cccc(C)c1)S(=O)(=O)c1ccc(Cl)cc1)c1ccc2c(c1)CCCC2. The third kappa shape index (κ3) is 5.88. The van der Waals surface area contributed by atoms with Gasteiger partial charge >= 0.3 is 0 Å². The first kappa shape index (κ1) is 25.3. The highest BCUT2D eigenvalue weighted by Gasteiger charge is 2.28. The molecule has 1 N–H and O–H groups in total. The molecule has 0 saturated carbocycles. The van der Waals surface area contributed by atoms with Gasteiger partial charge in [0.05, 0.1) is 16.6 Å². The molecule has 7 heteroatoms. The number of hydrogen-bond donors (Lipinski definition) is 1. The van der Waals surface area contributed by atoms with Gasteiger partial charge in [-0.2, -0.15) is 0 Å². The molecule has 35 heavy (non-hydrogen) atoms. The minimum Gasteiger partial charge on any atom is -0.348 e. The van der Waals surface area contributed by atoms with Crippen molar-refractivity contribution in [3.05, 3.63) is 94.0 Å². The van der Waals surface area contributed by atoms with E-state index in [-0.39, 0.29) is 23.4 Å². The van der Waals surface area contributed by atoms with Crippen molar-refractivity contribution in [3.63, 3.8) is 0 Å². The van der Waals surface area contributed by atoms with Gasteiger partial charge in [0, 0.05) is 5.02 Å². The minimum atomic E-state index is -3.99. The molecule has 3 aromatic rings. The number of amides is 1. The molecule has 1 aliphatic rings. The van der Waals surface area contributed by atoms with Gasteiger partial charge in [-0.05, 0) is 97.7 Å². The molecule has 5 nitrogen and oxygen atoms in total. The van der Waals surface area contributed by atoms with Crippen LogP contribution in [0.25, 0.3) is 0 Å². The third-order valence-electron chi connectivity index (χ3n) is 6.50. The molecule has 0 bridgehead atoms. The first-order valence-corrected chi connectivity index (χ1v) is 13.9. The Morgan fingerprint density at radius 1 is 1.00 bits per heavy atom. The fourth-order valence-electron chi connectivity index (χ4n) is 4.59. The maximum atomic E-state index is 13.6. The highest BCUT2D eigenvalue weighted by molar-refractivity contribution is 7.92. The van der Waals surface area contributed by atoms with Crippen LogP contribution in [-0.4, -0.2) is 20.9 Å². The molecule has 0 saturated heterocycles. The molecule has 4 rings (SSSR count). The second kappa shape index (κ2) is 10.8. The number of nitrogens with one attached hydrogen (secondary N) is 1. The number of benzene rings is 3. The fourth-order valence-corrected chi connectivity index (χ4v) is 6.13. The van der Waals surface area contributed by atoms with Gasteiger partial charge in [0.15, 0.2) is 0 Å². The molecule has 0 heterocycles. The molecule has 0 aliphatic heterocycles. The molecular formula is C28H31ClN2O3S. The molecule has 1 unspecified atom stereocenters. The predicted molar refractivity (Wildman–Crippen MR) is 141 cm³/mol. The summed E-state index contributed by atoms with van der Waals surface area (Å²) in [5.74, 6) is -0.353. The topological polar surface area (TPSA) is 66.5 Å². The number of carbonyl (C=O) groups is 1. The van der Waals surface area contributed by atoms with Crippen LogP contribution in [0.3, 0.4) is 0 Å². The average Bonchev–Trinajstić information content (AvgIpc) is 2.85. The van der Waals surface area contributed by atoms with Crippen molar-refractivity contribution >= 4 is 33.2 Å². The molecule has 0 spiro atoms. The lowest BCUT2D eigenvalue weighted by atomic mass is 9.89. The van der Waals surface area contributed by atoms with Crippen LogP contribution >= 0.6 is 11.6 Å². The van der Waals surface area contributed by atoms with E-state index in [1.165, 1.54) is 48.2 Å². The molecular weight excluding hydrogens is 480 g/mol. The van der Waals surface area contributed by atoms with Crippen LogP contribution in [0.1, 0.15) is 54.5 Å². The van der Waals surface area contributed by atoms with Gasteiger partial charge < -0.3 is 5.32 Å². The van der Waals surface area contributed by atoms with Crippen LogP contribution in [0.4, 0.5) is 5.69 Å². The Balaban J connectivity index is 1.60. The van der Waals surface area contributed by atoms with E-state index in [1.54, 1.807) is 18.2 Å². The van der Waals surface area contributed by atoms with Gasteiger partial charge in [-0.3, -0.25) is 9.10 Å². The summed E-state index contributed by atoms with van der Waals surface area (Å²) in [6.07, 6.45) is 5.28. The lowest BCUT2D eigenvalue weighted by molar-refractivity contribution is -0.120. The maximum absolute atomic E-state index is 13.6. The Bertz CT molecular complexity index is 1310. The molecule has 0 aromatic heterocycles. The van der Waals surface area contributed by atoms with Gasteiger partial charge in [-0.25, -0.2) is 8.42 Å². The smallest absolute Gasteiger partial charge is 0.264 e. The minimum absolute atomic E-state index is 0.0814. The van der Waals surface area contributed by atoms with E-state index >= 15 is 0 Å². The lowest BCUT2D eigenvalue weighted by Gasteiger charge is -2.26. The molecule has 1 aliphatic carbocycles. The van der Waals surface area contributed by atoms with E-state index in [1.807, 2.05) is 19.9 Å². The van der Waals surface area contributed by atoms with Gasteiger partial charge in [0.1, 0.15) is 6.54 Å². The number of rotatable bonds is 8. The van der Waals surface area contributed by atoms with Crippen LogP contribution in [-0.2, 0) is 27.7 Å². The van der Waals surface area contributed by atoms with Gasteiger partial charge in [-0.1, -0.05) is 48.9 Å². The Morgan fingerprint density at radius 2 is 1.71 bits per heavy atom. The summed E-state index contributed by atoms with van der Waals surface area (Å²) in [7, 11) is -3.99. The summed E-state index contributed by atoms with van der Waals surface area (Å²) in [5.41, 5.74) is 5.15. The molecule has 0 radical (unpaired) electrons. The van der Waals surface area contributed by atoms with Crippen molar-refractivity contribution in [2.75, 3.05) is 10.8 Å². The molecule has 0 fully saturated rings. The normalized spacial score (nSPS) is 14.1. The quantitative estimate of drug-likeness (QED) is 0.404. The highest BCUT2D eigenvalue weighted by atomic mass is 35.5. The Kier molecular flexibility index (Phi) is 7.82. The summed E-state index contributed by atoms with van der Waals surface area (Å²) < 4.78 is 28.3. The molecule has 1 atom stereocenters. The number of carbonyl (C=O) groups excluding carboxylic acids is 1. The van der Waals surface area contributed by atoms with Crippen molar-refractivity contribution in [3.8, 4) is 0 Å². The monoisotopic (exact) mass is 510 g/mol. The third-order valence-corrected chi connectivity index (χ3v) is 8.54. The summed E-state index contributed by atoms with van der Waals surface area (Å²) >= 11 is 5.97. The zero-order chi connectivity index (χ0) is 25.0. The van der Waals surface area contributed by atoms with E-state index in [0.717, 1.165) is 28.3 Å². The first-order valence-electron chi connectivity index (χ1n) is 12.0. The van der Waals surface area contributed by atoms with Crippen molar-refractivity contribution in [2.45, 2.75) is 56.9 Å². The van der Waals surface area contributed by atoms with Crippen molar-refractivity contribution in [1.29, 1.82) is 0 Å². The second-order valence-electron chi connectivity index (χ2n) is 9.07. The Labute approximate surface area is 213 Å². The number of sulfonamides is 1. The summed E-state index contributed by atoms with van der Waals surface area (Å²) in [6.45, 7) is 3.59. The Morgan fingerprint density at radius 3 is 2.40 bits per heavy atom. The van der Waals surface area contributed by atoms with E-state index in [2.05, 4.69) is 23.5 Å². The summed E-state index contributed by atoms with van der Waals surface area (Å²) in [6, 6.07) is 19.4. The zero-order valence-corrected chi connectivity index (χ0v) is 21.7. The van der Waals surface area contributed by atoms with E-state index < -0.39 is 10.0 Å². The van der Waals surface area contributed by atoms with Crippen LogP contribution in [0.2, 0.25) is 5.02 Å². The summed E-state index contributed by atoms with van der Waals surface area (Å²) in [5, 5.41) is 3.52. The van der Waals surface area contributed by atoms with Crippen LogP contribution in [0.15, 0.2) is 71.6 Å². The van der Waals surface area contributed by atoms with Crippen LogP contribution < -0.4 is 9.62 Å². The van der Waals surface area contributed by atoms with Crippen LogP contribution in [0, 0.1) is 6.92 Å². The van der Waals surface area contributed by atoms with E-state index in [9.17, 15) is 13.2 Å². The van der Waals surface area contributed by atoms with Crippen molar-refractivity contribution < 1.29 is 13.2 Å². The van der Waals surface area contributed by atoms with Crippen molar-refractivity contribution in [2.24, 2.45) is 0 Å². The number of hydrogen-bond acceptors (Lipinski definition) is 3. The fraction of sp³-hybridized carbons (Fsp3) is 0.321. The second-order valence-corrected chi connectivity index (χ2v) is 11.4. The highest BCUT2D eigenvalue weighted by Crippen LogP contribution is 2.28. The number of halogens is 1. The Hall–Kier alpha value is -2.83. The molecule has 1 amide bonds. The predicted octanol–water partition coefficient (Wildman–Crippen LogP) is 5.99. The summed E-state index contributed by atoms with van der Waals surface area (Å²) in [4.78, 5) is 13.3. The molecule has 3 aromatic carbocycles.